The highest BCUT2D eigenvalue weighted by Gasteiger charge is 2.11. The Labute approximate surface area is 94.5 Å². The van der Waals surface area contributed by atoms with E-state index in [4.69, 9.17) is 10.2 Å². The van der Waals surface area contributed by atoms with Crippen LogP contribution in [-0.4, -0.2) is 22.2 Å². The van der Waals surface area contributed by atoms with E-state index in [1.807, 2.05) is 30.3 Å². The third-order valence-electron chi connectivity index (χ3n) is 1.97. The standard InChI is InChI=1S/C9H10O2.C3H6O2/c1-7(9(10)11)8-5-3-2-4-6-8;1-2-3(4)5/h2-7H,1H3,(H,10,11);2H2,1H3,(H,4,5). The molecule has 1 atom stereocenters. The van der Waals surface area contributed by atoms with Gasteiger partial charge < -0.3 is 10.2 Å². The first-order chi connectivity index (χ1) is 7.49. The lowest BCUT2D eigenvalue weighted by molar-refractivity contribution is -0.138. The predicted molar refractivity (Wildman–Crippen MR) is 60.4 cm³/mol. The highest BCUT2D eigenvalue weighted by molar-refractivity contribution is 5.75. The Kier molecular flexibility index (Phi) is 6.59. The third-order valence-corrected chi connectivity index (χ3v) is 1.97. The Hall–Kier alpha value is -1.84. The molecule has 0 aliphatic carbocycles. The summed E-state index contributed by atoms with van der Waals surface area (Å²) in [5.41, 5.74) is 0.847. The van der Waals surface area contributed by atoms with Crippen LogP contribution in [0.2, 0.25) is 0 Å². The molecule has 1 rings (SSSR count). The molecular weight excluding hydrogens is 208 g/mol. The van der Waals surface area contributed by atoms with Gasteiger partial charge in [-0.2, -0.15) is 0 Å². The quantitative estimate of drug-likeness (QED) is 0.826. The molecule has 0 saturated heterocycles. The number of benzene rings is 1. The first-order valence-electron chi connectivity index (χ1n) is 4.98. The summed E-state index contributed by atoms with van der Waals surface area (Å²) in [6, 6.07) is 9.19. The van der Waals surface area contributed by atoms with E-state index >= 15 is 0 Å². The molecule has 0 heterocycles. The number of aliphatic carboxylic acids is 2. The van der Waals surface area contributed by atoms with Crippen molar-refractivity contribution in [2.24, 2.45) is 0 Å². The Morgan fingerprint density at radius 3 is 1.94 bits per heavy atom. The summed E-state index contributed by atoms with van der Waals surface area (Å²) in [4.78, 5) is 19.9. The summed E-state index contributed by atoms with van der Waals surface area (Å²) < 4.78 is 0. The van der Waals surface area contributed by atoms with Crippen LogP contribution in [0.1, 0.15) is 31.7 Å². The van der Waals surface area contributed by atoms with Crippen LogP contribution in [-0.2, 0) is 9.59 Å². The molecule has 4 nitrogen and oxygen atoms in total. The van der Waals surface area contributed by atoms with E-state index in [0.29, 0.717) is 0 Å². The second-order valence-corrected chi connectivity index (χ2v) is 3.22. The van der Waals surface area contributed by atoms with Crippen molar-refractivity contribution in [1.29, 1.82) is 0 Å². The molecule has 88 valence electrons. The van der Waals surface area contributed by atoms with Gasteiger partial charge in [0, 0.05) is 6.42 Å². The van der Waals surface area contributed by atoms with Crippen molar-refractivity contribution in [1.82, 2.24) is 0 Å². The normalized spacial score (nSPS) is 10.9. The highest BCUT2D eigenvalue weighted by Crippen LogP contribution is 2.13. The maximum atomic E-state index is 10.5. The summed E-state index contributed by atoms with van der Waals surface area (Å²) in [6.45, 7) is 3.28. The van der Waals surface area contributed by atoms with Crippen molar-refractivity contribution >= 4 is 11.9 Å². The van der Waals surface area contributed by atoms with Gasteiger partial charge in [0.25, 0.3) is 0 Å². The van der Waals surface area contributed by atoms with Crippen molar-refractivity contribution in [3.63, 3.8) is 0 Å². The van der Waals surface area contributed by atoms with Gasteiger partial charge in [-0.1, -0.05) is 37.3 Å². The SMILES string of the molecule is CC(C(=O)O)c1ccccc1.CCC(=O)O. The van der Waals surface area contributed by atoms with Crippen LogP contribution in [0, 0.1) is 0 Å². The molecule has 0 amide bonds. The minimum atomic E-state index is -0.781. The molecule has 0 aromatic heterocycles. The van der Waals surface area contributed by atoms with Crippen LogP contribution >= 0.6 is 0 Å². The van der Waals surface area contributed by atoms with E-state index in [1.165, 1.54) is 0 Å². The highest BCUT2D eigenvalue weighted by atomic mass is 16.4. The van der Waals surface area contributed by atoms with E-state index in [2.05, 4.69) is 0 Å². The fourth-order valence-corrected chi connectivity index (χ4v) is 0.884. The molecule has 0 bridgehead atoms. The topological polar surface area (TPSA) is 74.6 Å². The second kappa shape index (κ2) is 7.45. The van der Waals surface area contributed by atoms with Crippen LogP contribution in [0.5, 0.6) is 0 Å². The lowest BCUT2D eigenvalue weighted by Crippen LogP contribution is -2.06. The number of hydrogen-bond donors (Lipinski definition) is 2. The third kappa shape index (κ3) is 5.80. The average Bonchev–Trinajstić information content (AvgIpc) is 2.29. The molecule has 0 saturated carbocycles. The van der Waals surface area contributed by atoms with Crippen LogP contribution in [0.25, 0.3) is 0 Å². The lowest BCUT2D eigenvalue weighted by Gasteiger charge is -2.04. The second-order valence-electron chi connectivity index (χ2n) is 3.22. The van der Waals surface area contributed by atoms with Crippen molar-refractivity contribution in [3.8, 4) is 0 Å². The fraction of sp³-hybridized carbons (Fsp3) is 0.333. The van der Waals surface area contributed by atoms with Crippen LogP contribution in [0.15, 0.2) is 30.3 Å². The first kappa shape index (κ1) is 14.2. The van der Waals surface area contributed by atoms with Gasteiger partial charge in [0.15, 0.2) is 0 Å². The number of hydrogen-bond acceptors (Lipinski definition) is 2. The molecule has 0 radical (unpaired) electrons. The predicted octanol–water partition coefficient (Wildman–Crippen LogP) is 2.36. The first-order valence-corrected chi connectivity index (χ1v) is 4.98. The molecule has 0 aliphatic heterocycles. The molecule has 1 aromatic rings. The van der Waals surface area contributed by atoms with Gasteiger partial charge in [0.2, 0.25) is 0 Å². The van der Waals surface area contributed by atoms with Gasteiger partial charge in [-0.15, -0.1) is 0 Å². The number of carboxylic acids is 2. The maximum Gasteiger partial charge on any atom is 0.310 e. The molecular formula is C12H16O4. The summed E-state index contributed by atoms with van der Waals surface area (Å²) in [7, 11) is 0. The maximum absolute atomic E-state index is 10.5. The summed E-state index contributed by atoms with van der Waals surface area (Å²) in [6.07, 6.45) is 0.222. The minimum Gasteiger partial charge on any atom is -0.481 e. The van der Waals surface area contributed by atoms with Gasteiger partial charge in [-0.25, -0.2) is 0 Å². The Morgan fingerprint density at radius 2 is 1.62 bits per heavy atom. The summed E-state index contributed by atoms with van der Waals surface area (Å²) in [5, 5.41) is 16.4. The Bertz CT molecular complexity index is 332. The molecule has 2 N–H and O–H groups in total. The zero-order valence-corrected chi connectivity index (χ0v) is 9.38. The van der Waals surface area contributed by atoms with Crippen molar-refractivity contribution in [3.05, 3.63) is 35.9 Å². The van der Waals surface area contributed by atoms with Crippen molar-refractivity contribution < 1.29 is 19.8 Å². The molecule has 0 spiro atoms. The van der Waals surface area contributed by atoms with Crippen LogP contribution < -0.4 is 0 Å². The van der Waals surface area contributed by atoms with Gasteiger partial charge in [0.05, 0.1) is 5.92 Å². The molecule has 16 heavy (non-hydrogen) atoms. The van der Waals surface area contributed by atoms with E-state index < -0.39 is 17.9 Å². The summed E-state index contributed by atoms with van der Waals surface area (Å²) >= 11 is 0. The Balaban J connectivity index is 0.000000385. The van der Waals surface area contributed by atoms with Crippen molar-refractivity contribution in [2.45, 2.75) is 26.2 Å². The van der Waals surface area contributed by atoms with E-state index in [1.54, 1.807) is 13.8 Å². The average molecular weight is 224 g/mol. The van der Waals surface area contributed by atoms with Crippen LogP contribution in [0.3, 0.4) is 0 Å². The number of carboxylic acid groups (broad SMARTS) is 2. The Morgan fingerprint density at radius 1 is 1.19 bits per heavy atom. The smallest absolute Gasteiger partial charge is 0.310 e. The largest absolute Gasteiger partial charge is 0.481 e. The van der Waals surface area contributed by atoms with E-state index in [-0.39, 0.29) is 6.42 Å². The summed E-state index contributed by atoms with van der Waals surface area (Å²) in [5.74, 6) is -1.93. The van der Waals surface area contributed by atoms with Gasteiger partial charge in [0.1, 0.15) is 0 Å². The van der Waals surface area contributed by atoms with Gasteiger partial charge >= 0.3 is 11.9 Å². The number of carbonyl (C=O) groups is 2. The van der Waals surface area contributed by atoms with E-state index in [0.717, 1.165) is 5.56 Å². The van der Waals surface area contributed by atoms with Gasteiger partial charge in [-0.05, 0) is 12.5 Å². The zero-order valence-electron chi connectivity index (χ0n) is 9.38. The molecule has 1 unspecified atom stereocenters. The lowest BCUT2D eigenvalue weighted by atomic mass is 10.0. The fourth-order valence-electron chi connectivity index (χ4n) is 0.884. The number of rotatable bonds is 3. The molecule has 4 heteroatoms. The minimum absolute atomic E-state index is 0.222. The zero-order chi connectivity index (χ0) is 12.6. The van der Waals surface area contributed by atoms with Crippen LogP contribution in [0.4, 0.5) is 0 Å². The van der Waals surface area contributed by atoms with E-state index in [9.17, 15) is 9.59 Å². The molecule has 0 fully saturated rings. The monoisotopic (exact) mass is 224 g/mol. The van der Waals surface area contributed by atoms with Gasteiger partial charge in [-0.3, -0.25) is 9.59 Å². The molecule has 0 aliphatic rings. The van der Waals surface area contributed by atoms with Crippen molar-refractivity contribution in [2.75, 3.05) is 0 Å². The molecule has 1 aromatic carbocycles.